The fourth-order valence-corrected chi connectivity index (χ4v) is 1.93. The minimum Gasteiger partial charge on any atom is -0.497 e. The lowest BCUT2D eigenvalue weighted by atomic mass is 10.2. The quantitative estimate of drug-likeness (QED) is 0.681. The number of benzene rings is 1. The van der Waals surface area contributed by atoms with Crippen molar-refractivity contribution in [3.8, 4) is 11.5 Å². The normalized spacial score (nSPS) is 11.0. The molecular formula is C15H15F3N4O4. The Morgan fingerprint density at radius 3 is 2.50 bits per heavy atom. The van der Waals surface area contributed by atoms with Crippen LogP contribution in [0.25, 0.3) is 0 Å². The van der Waals surface area contributed by atoms with Crippen LogP contribution in [0, 0.1) is 0 Å². The first-order chi connectivity index (χ1) is 12.2. The lowest BCUT2D eigenvalue weighted by molar-refractivity contribution is -0.141. The van der Waals surface area contributed by atoms with E-state index in [2.05, 4.69) is 20.6 Å². The van der Waals surface area contributed by atoms with E-state index in [1.807, 2.05) is 0 Å². The van der Waals surface area contributed by atoms with Gasteiger partial charge in [0, 0.05) is 12.1 Å². The fourth-order valence-electron chi connectivity index (χ4n) is 1.93. The molecule has 0 spiro atoms. The molecule has 1 heterocycles. The van der Waals surface area contributed by atoms with E-state index >= 15 is 0 Å². The maximum absolute atomic E-state index is 13.0. The summed E-state index contributed by atoms with van der Waals surface area (Å²) >= 11 is 0. The highest BCUT2D eigenvalue weighted by Gasteiger charge is 2.34. The van der Waals surface area contributed by atoms with Crippen LogP contribution >= 0.6 is 0 Å². The predicted octanol–water partition coefficient (Wildman–Crippen LogP) is 2.75. The average molecular weight is 372 g/mol. The summed E-state index contributed by atoms with van der Waals surface area (Å²) < 4.78 is 49.3. The summed E-state index contributed by atoms with van der Waals surface area (Å²) in [6.07, 6.45) is -4.73. The Balaban J connectivity index is 2.38. The number of carboxylic acid groups (broad SMARTS) is 1. The molecule has 0 unspecified atom stereocenters. The van der Waals surface area contributed by atoms with Crippen LogP contribution in [0.2, 0.25) is 0 Å². The zero-order chi connectivity index (χ0) is 19.3. The van der Waals surface area contributed by atoms with Crippen molar-refractivity contribution >= 4 is 23.4 Å². The van der Waals surface area contributed by atoms with E-state index in [4.69, 9.17) is 14.6 Å². The number of alkyl halides is 3. The molecule has 0 aliphatic carbocycles. The SMILES string of the molecule is COc1ccc(Nc2cc(C(F)(F)F)nc(NCC(=O)O)n2)c(OC)c1. The van der Waals surface area contributed by atoms with Gasteiger partial charge in [-0.25, -0.2) is 4.98 Å². The molecule has 26 heavy (non-hydrogen) atoms. The number of halogens is 3. The average Bonchev–Trinajstić information content (AvgIpc) is 2.59. The smallest absolute Gasteiger partial charge is 0.433 e. The number of aliphatic carboxylic acids is 1. The lowest BCUT2D eigenvalue weighted by Crippen LogP contribution is -2.17. The van der Waals surface area contributed by atoms with Gasteiger partial charge < -0.3 is 25.2 Å². The molecule has 0 aliphatic rings. The molecule has 0 amide bonds. The van der Waals surface area contributed by atoms with Gasteiger partial charge in [0.2, 0.25) is 5.95 Å². The van der Waals surface area contributed by atoms with Crippen LogP contribution in [0.5, 0.6) is 11.5 Å². The van der Waals surface area contributed by atoms with Gasteiger partial charge in [-0.2, -0.15) is 18.2 Å². The molecule has 1 aromatic heterocycles. The van der Waals surface area contributed by atoms with Gasteiger partial charge in [-0.15, -0.1) is 0 Å². The first-order valence-corrected chi connectivity index (χ1v) is 7.14. The van der Waals surface area contributed by atoms with Crippen LogP contribution in [0.4, 0.5) is 30.6 Å². The Morgan fingerprint density at radius 2 is 1.92 bits per heavy atom. The van der Waals surface area contributed by atoms with E-state index in [1.165, 1.54) is 26.4 Å². The van der Waals surface area contributed by atoms with E-state index in [1.54, 1.807) is 6.07 Å². The number of carbonyl (C=O) groups is 1. The van der Waals surface area contributed by atoms with Gasteiger partial charge in [-0.1, -0.05) is 0 Å². The number of rotatable bonds is 7. The van der Waals surface area contributed by atoms with Gasteiger partial charge in [-0.3, -0.25) is 4.79 Å². The minimum atomic E-state index is -4.73. The molecular weight excluding hydrogens is 357 g/mol. The first kappa shape index (κ1) is 19.1. The summed E-state index contributed by atoms with van der Waals surface area (Å²) in [5, 5.41) is 13.6. The Kier molecular flexibility index (Phi) is 5.70. The van der Waals surface area contributed by atoms with Crippen LogP contribution in [-0.2, 0) is 11.0 Å². The van der Waals surface area contributed by atoms with Crippen molar-refractivity contribution in [1.29, 1.82) is 0 Å². The predicted molar refractivity (Wildman–Crippen MR) is 86.0 cm³/mol. The molecule has 2 aromatic rings. The molecule has 1 aromatic carbocycles. The summed E-state index contributed by atoms with van der Waals surface area (Å²) in [5.74, 6) is -1.12. The highest BCUT2D eigenvalue weighted by atomic mass is 19.4. The van der Waals surface area contributed by atoms with E-state index in [0.29, 0.717) is 23.3 Å². The molecule has 0 fully saturated rings. The summed E-state index contributed by atoms with van der Waals surface area (Å²) in [4.78, 5) is 17.7. The standard InChI is InChI=1S/C15H15F3N4O4/c1-25-8-3-4-9(10(5-8)26-2)20-12-6-11(15(16,17)18)21-14(22-12)19-7-13(23)24/h3-6H,7H2,1-2H3,(H,23,24)(H2,19,20,21,22). The van der Waals surface area contributed by atoms with Crippen molar-refractivity contribution in [3.05, 3.63) is 30.0 Å². The second kappa shape index (κ2) is 7.76. The van der Waals surface area contributed by atoms with E-state index in [9.17, 15) is 18.0 Å². The number of aromatic nitrogens is 2. The molecule has 140 valence electrons. The molecule has 0 radical (unpaired) electrons. The molecule has 0 aliphatic heterocycles. The Hall–Kier alpha value is -3.24. The van der Waals surface area contributed by atoms with Crippen molar-refractivity contribution in [3.63, 3.8) is 0 Å². The molecule has 11 heteroatoms. The summed E-state index contributed by atoms with van der Waals surface area (Å²) in [7, 11) is 2.85. The van der Waals surface area contributed by atoms with E-state index in [0.717, 1.165) is 0 Å². The van der Waals surface area contributed by atoms with Crippen molar-refractivity contribution in [2.24, 2.45) is 0 Å². The van der Waals surface area contributed by atoms with Crippen molar-refractivity contribution < 1.29 is 32.5 Å². The van der Waals surface area contributed by atoms with Gasteiger partial charge in [0.15, 0.2) is 5.69 Å². The summed E-state index contributed by atoms with van der Waals surface area (Å²) in [6.45, 7) is -0.632. The molecule has 0 bridgehead atoms. The minimum absolute atomic E-state index is 0.191. The maximum Gasteiger partial charge on any atom is 0.433 e. The van der Waals surface area contributed by atoms with Crippen LogP contribution in [0.15, 0.2) is 24.3 Å². The number of nitrogens with zero attached hydrogens (tertiary/aromatic N) is 2. The Bertz CT molecular complexity index is 799. The van der Waals surface area contributed by atoms with Gasteiger partial charge >= 0.3 is 12.1 Å². The van der Waals surface area contributed by atoms with E-state index in [-0.39, 0.29) is 5.82 Å². The number of hydrogen-bond donors (Lipinski definition) is 3. The van der Waals surface area contributed by atoms with Crippen LogP contribution in [0.1, 0.15) is 5.69 Å². The van der Waals surface area contributed by atoms with E-state index < -0.39 is 30.3 Å². The molecule has 2 rings (SSSR count). The van der Waals surface area contributed by atoms with Gasteiger partial charge in [0.1, 0.15) is 23.9 Å². The highest BCUT2D eigenvalue weighted by molar-refractivity contribution is 5.72. The maximum atomic E-state index is 13.0. The lowest BCUT2D eigenvalue weighted by Gasteiger charge is -2.14. The Morgan fingerprint density at radius 1 is 1.19 bits per heavy atom. The molecule has 0 saturated carbocycles. The molecule has 3 N–H and O–H groups in total. The number of nitrogens with one attached hydrogen (secondary N) is 2. The molecule has 8 nitrogen and oxygen atoms in total. The number of carboxylic acids is 1. The number of hydrogen-bond acceptors (Lipinski definition) is 7. The Labute approximate surface area is 146 Å². The van der Waals surface area contributed by atoms with Crippen LogP contribution < -0.4 is 20.1 Å². The summed E-state index contributed by atoms with van der Waals surface area (Å²) in [5.41, 5.74) is -0.889. The molecule has 0 atom stereocenters. The summed E-state index contributed by atoms with van der Waals surface area (Å²) in [6, 6.07) is 5.37. The van der Waals surface area contributed by atoms with Crippen molar-refractivity contribution in [1.82, 2.24) is 9.97 Å². The second-order valence-electron chi connectivity index (χ2n) is 4.90. The van der Waals surface area contributed by atoms with Gasteiger partial charge in [0.25, 0.3) is 0 Å². The topological polar surface area (TPSA) is 106 Å². The third-order valence-electron chi connectivity index (χ3n) is 3.09. The number of methoxy groups -OCH3 is 2. The fraction of sp³-hybridized carbons (Fsp3) is 0.267. The number of anilines is 3. The third kappa shape index (κ3) is 4.88. The van der Waals surface area contributed by atoms with Gasteiger partial charge in [0.05, 0.1) is 19.9 Å². The molecule has 0 saturated heterocycles. The monoisotopic (exact) mass is 372 g/mol. The van der Waals surface area contributed by atoms with Crippen molar-refractivity contribution in [2.75, 3.05) is 31.4 Å². The van der Waals surface area contributed by atoms with Crippen LogP contribution in [-0.4, -0.2) is 41.8 Å². The highest BCUT2D eigenvalue weighted by Crippen LogP contribution is 2.33. The van der Waals surface area contributed by atoms with Gasteiger partial charge in [-0.05, 0) is 12.1 Å². The second-order valence-corrected chi connectivity index (χ2v) is 4.90. The van der Waals surface area contributed by atoms with Crippen LogP contribution in [0.3, 0.4) is 0 Å². The zero-order valence-corrected chi connectivity index (χ0v) is 13.7. The van der Waals surface area contributed by atoms with Crippen molar-refractivity contribution in [2.45, 2.75) is 6.18 Å². The zero-order valence-electron chi connectivity index (χ0n) is 13.7. The largest absolute Gasteiger partial charge is 0.497 e. The third-order valence-corrected chi connectivity index (χ3v) is 3.09. The first-order valence-electron chi connectivity index (χ1n) is 7.14. The number of ether oxygens (including phenoxy) is 2.